The second-order valence-corrected chi connectivity index (χ2v) is 12.0. The fourth-order valence-electron chi connectivity index (χ4n) is 5.26. The smallest absolute Gasteiger partial charge is 0.308 e. The van der Waals surface area contributed by atoms with Crippen molar-refractivity contribution in [1.29, 1.82) is 0 Å². The van der Waals surface area contributed by atoms with Gasteiger partial charge in [-0.25, -0.2) is 0 Å². The molecule has 2 heteroatoms. The number of rotatable bonds is 29. The van der Waals surface area contributed by atoms with Crippen molar-refractivity contribution < 1.29 is 9.53 Å². The van der Waals surface area contributed by atoms with Crippen LogP contribution in [0.4, 0.5) is 0 Å². The number of hydrogen-bond donors (Lipinski definition) is 0. The van der Waals surface area contributed by atoms with E-state index in [9.17, 15) is 4.79 Å². The topological polar surface area (TPSA) is 26.3 Å². The highest BCUT2D eigenvalue weighted by Crippen LogP contribution is 2.21. The van der Waals surface area contributed by atoms with E-state index in [2.05, 4.69) is 27.7 Å². The van der Waals surface area contributed by atoms with Crippen molar-refractivity contribution in [3.63, 3.8) is 0 Å². The molecule has 36 heavy (non-hydrogen) atoms. The third-order valence-electron chi connectivity index (χ3n) is 7.82. The molecule has 0 bridgehead atoms. The SMILES string of the molecule is CCCCCCCC[C@@H](CCCCCC)C(=O)OCCCCCCCCCCCCCCCC(C)C. The predicted molar refractivity (Wildman–Crippen MR) is 161 cm³/mol. The maximum absolute atomic E-state index is 12.7. The molecule has 0 aliphatic carbocycles. The molecule has 216 valence electrons. The van der Waals surface area contributed by atoms with Crippen LogP contribution in [0.25, 0.3) is 0 Å². The van der Waals surface area contributed by atoms with Crippen LogP contribution < -0.4 is 0 Å². The predicted octanol–water partition coefficient (Wildman–Crippen LogP) is 12.0. The molecule has 0 spiro atoms. The summed E-state index contributed by atoms with van der Waals surface area (Å²) in [4.78, 5) is 12.7. The van der Waals surface area contributed by atoms with Crippen LogP contribution in [0.1, 0.15) is 195 Å². The summed E-state index contributed by atoms with van der Waals surface area (Å²) < 4.78 is 5.74. The molecular formula is C34H68O2. The summed E-state index contributed by atoms with van der Waals surface area (Å²) in [7, 11) is 0. The Morgan fingerprint density at radius 2 is 0.806 bits per heavy atom. The minimum Gasteiger partial charge on any atom is -0.465 e. The van der Waals surface area contributed by atoms with Crippen LogP contribution in [-0.4, -0.2) is 12.6 Å². The fourth-order valence-corrected chi connectivity index (χ4v) is 5.26. The summed E-state index contributed by atoms with van der Waals surface area (Å²) in [5, 5.41) is 0. The number of esters is 1. The van der Waals surface area contributed by atoms with Gasteiger partial charge in [0.25, 0.3) is 0 Å². The zero-order valence-electron chi connectivity index (χ0n) is 25.6. The normalized spacial score (nSPS) is 12.4. The number of carbonyl (C=O) groups excluding carboxylic acids is 1. The van der Waals surface area contributed by atoms with Gasteiger partial charge in [-0.1, -0.05) is 175 Å². The van der Waals surface area contributed by atoms with Crippen LogP contribution >= 0.6 is 0 Å². The largest absolute Gasteiger partial charge is 0.465 e. The Bertz CT molecular complexity index is 431. The monoisotopic (exact) mass is 509 g/mol. The molecule has 0 unspecified atom stereocenters. The molecule has 0 heterocycles. The second kappa shape index (κ2) is 29.0. The summed E-state index contributed by atoms with van der Waals surface area (Å²) >= 11 is 0. The first-order valence-corrected chi connectivity index (χ1v) is 16.8. The third-order valence-corrected chi connectivity index (χ3v) is 7.82. The van der Waals surface area contributed by atoms with Gasteiger partial charge in [0.15, 0.2) is 0 Å². The maximum atomic E-state index is 12.7. The summed E-state index contributed by atoms with van der Waals surface area (Å²) in [6.45, 7) is 9.82. The van der Waals surface area contributed by atoms with E-state index < -0.39 is 0 Å². The Morgan fingerprint density at radius 3 is 1.22 bits per heavy atom. The van der Waals surface area contributed by atoms with Gasteiger partial charge in [0.05, 0.1) is 12.5 Å². The van der Waals surface area contributed by atoms with Gasteiger partial charge in [0, 0.05) is 0 Å². The lowest BCUT2D eigenvalue weighted by Gasteiger charge is -2.16. The summed E-state index contributed by atoms with van der Waals surface area (Å²) in [6.07, 6.45) is 34.0. The van der Waals surface area contributed by atoms with Crippen LogP contribution in [-0.2, 0) is 9.53 Å². The van der Waals surface area contributed by atoms with Crippen molar-refractivity contribution >= 4 is 5.97 Å². The van der Waals surface area contributed by atoms with Crippen LogP contribution in [0, 0.1) is 11.8 Å². The molecule has 0 aromatic carbocycles. The Labute approximate surface area is 228 Å². The van der Waals surface area contributed by atoms with Gasteiger partial charge in [-0.15, -0.1) is 0 Å². The highest BCUT2D eigenvalue weighted by atomic mass is 16.5. The van der Waals surface area contributed by atoms with Crippen molar-refractivity contribution in [1.82, 2.24) is 0 Å². The van der Waals surface area contributed by atoms with E-state index >= 15 is 0 Å². The van der Waals surface area contributed by atoms with E-state index in [1.165, 1.54) is 148 Å². The van der Waals surface area contributed by atoms with E-state index in [1.807, 2.05) is 0 Å². The first kappa shape index (κ1) is 35.5. The van der Waals surface area contributed by atoms with E-state index in [0.717, 1.165) is 25.2 Å². The lowest BCUT2D eigenvalue weighted by molar-refractivity contribution is -0.149. The Kier molecular flexibility index (Phi) is 28.6. The van der Waals surface area contributed by atoms with Gasteiger partial charge in [-0.3, -0.25) is 4.79 Å². The molecule has 0 N–H and O–H groups in total. The highest BCUT2D eigenvalue weighted by molar-refractivity contribution is 5.72. The van der Waals surface area contributed by atoms with Gasteiger partial charge >= 0.3 is 5.97 Å². The van der Waals surface area contributed by atoms with E-state index in [-0.39, 0.29) is 11.9 Å². The average molecular weight is 509 g/mol. The maximum Gasteiger partial charge on any atom is 0.308 e. The lowest BCUT2D eigenvalue weighted by atomic mass is 9.94. The zero-order chi connectivity index (χ0) is 26.5. The Morgan fingerprint density at radius 1 is 0.472 bits per heavy atom. The molecule has 0 saturated heterocycles. The molecular weight excluding hydrogens is 440 g/mol. The van der Waals surface area contributed by atoms with Crippen LogP contribution in [0.3, 0.4) is 0 Å². The van der Waals surface area contributed by atoms with Crippen molar-refractivity contribution in [2.45, 2.75) is 195 Å². The van der Waals surface area contributed by atoms with Crippen LogP contribution in [0.2, 0.25) is 0 Å². The van der Waals surface area contributed by atoms with Crippen LogP contribution in [0.5, 0.6) is 0 Å². The molecule has 0 saturated carbocycles. The zero-order valence-corrected chi connectivity index (χ0v) is 25.6. The number of unbranched alkanes of at least 4 members (excludes halogenated alkanes) is 20. The van der Waals surface area contributed by atoms with Crippen molar-refractivity contribution in [2.75, 3.05) is 6.61 Å². The Balaban J connectivity index is 3.67. The van der Waals surface area contributed by atoms with Gasteiger partial charge in [0.2, 0.25) is 0 Å². The quantitative estimate of drug-likeness (QED) is 0.0741. The second-order valence-electron chi connectivity index (χ2n) is 12.0. The minimum absolute atomic E-state index is 0.0972. The van der Waals surface area contributed by atoms with Gasteiger partial charge in [0.1, 0.15) is 0 Å². The molecule has 0 rings (SSSR count). The van der Waals surface area contributed by atoms with Crippen molar-refractivity contribution in [3.05, 3.63) is 0 Å². The summed E-state index contributed by atoms with van der Waals surface area (Å²) in [5.41, 5.74) is 0. The minimum atomic E-state index is 0.0972. The van der Waals surface area contributed by atoms with E-state index in [4.69, 9.17) is 4.74 Å². The molecule has 0 aliphatic rings. The van der Waals surface area contributed by atoms with Gasteiger partial charge in [-0.2, -0.15) is 0 Å². The summed E-state index contributed by atoms with van der Waals surface area (Å²) in [5.74, 6) is 1.12. The Hall–Kier alpha value is -0.530. The number of carbonyl (C=O) groups is 1. The van der Waals surface area contributed by atoms with E-state index in [0.29, 0.717) is 6.61 Å². The van der Waals surface area contributed by atoms with E-state index in [1.54, 1.807) is 0 Å². The molecule has 0 aromatic heterocycles. The third kappa shape index (κ3) is 26.5. The highest BCUT2D eigenvalue weighted by Gasteiger charge is 2.19. The molecule has 0 aromatic rings. The molecule has 0 radical (unpaired) electrons. The molecule has 0 amide bonds. The lowest BCUT2D eigenvalue weighted by Crippen LogP contribution is -2.18. The molecule has 0 fully saturated rings. The van der Waals surface area contributed by atoms with Gasteiger partial charge in [-0.05, 0) is 25.2 Å². The first-order valence-electron chi connectivity index (χ1n) is 16.8. The summed E-state index contributed by atoms with van der Waals surface area (Å²) in [6, 6.07) is 0. The number of hydrogen-bond acceptors (Lipinski definition) is 2. The van der Waals surface area contributed by atoms with Crippen molar-refractivity contribution in [3.8, 4) is 0 Å². The standard InChI is InChI=1S/C34H68O2/c1-5-7-9-11-22-26-30-33(29-25-10-8-6-2)34(35)36-31-27-23-20-18-16-14-12-13-15-17-19-21-24-28-32(3)4/h32-33H,5-31H2,1-4H3/t33-/m1/s1. The first-order chi connectivity index (χ1) is 17.6. The average Bonchev–Trinajstić information content (AvgIpc) is 2.86. The molecule has 0 aliphatic heterocycles. The number of ether oxygens (including phenoxy) is 1. The van der Waals surface area contributed by atoms with Gasteiger partial charge < -0.3 is 4.74 Å². The molecule has 2 nitrogen and oxygen atoms in total. The van der Waals surface area contributed by atoms with Crippen LogP contribution in [0.15, 0.2) is 0 Å². The molecule has 1 atom stereocenters. The fraction of sp³-hybridized carbons (Fsp3) is 0.971. The van der Waals surface area contributed by atoms with Crippen molar-refractivity contribution in [2.24, 2.45) is 11.8 Å².